The number of pyridine rings is 1. The number of fused-ring (bicyclic) bond motifs is 1. The van der Waals surface area contributed by atoms with Crippen molar-refractivity contribution in [2.75, 3.05) is 61.4 Å². The SMILES string of the molecule is Cc1ccc(C)c(N2CCN(CCCNC(=O)CN3C(=O)CSc4ncccc43)CC2)c1. The van der Waals surface area contributed by atoms with E-state index in [1.165, 1.54) is 28.6 Å². The molecule has 8 heteroatoms. The van der Waals surface area contributed by atoms with Crippen molar-refractivity contribution in [2.24, 2.45) is 0 Å². The molecule has 0 unspecified atom stereocenters. The van der Waals surface area contributed by atoms with Gasteiger partial charge in [-0.05, 0) is 56.1 Å². The lowest BCUT2D eigenvalue weighted by Gasteiger charge is -2.37. The monoisotopic (exact) mass is 453 g/mol. The number of anilines is 2. The van der Waals surface area contributed by atoms with E-state index in [0.29, 0.717) is 12.3 Å². The zero-order chi connectivity index (χ0) is 22.5. The zero-order valence-electron chi connectivity index (χ0n) is 18.8. The first-order chi connectivity index (χ1) is 15.5. The molecule has 4 rings (SSSR count). The summed E-state index contributed by atoms with van der Waals surface area (Å²) in [5, 5.41) is 3.78. The van der Waals surface area contributed by atoms with Crippen LogP contribution in [0.1, 0.15) is 17.5 Å². The lowest BCUT2D eigenvalue weighted by molar-refractivity contribution is -0.123. The highest BCUT2D eigenvalue weighted by Crippen LogP contribution is 2.32. The fraction of sp³-hybridized carbons (Fsp3) is 0.458. The van der Waals surface area contributed by atoms with Gasteiger partial charge in [-0.3, -0.25) is 19.4 Å². The number of hydrogen-bond acceptors (Lipinski definition) is 6. The van der Waals surface area contributed by atoms with Crippen molar-refractivity contribution in [2.45, 2.75) is 25.3 Å². The number of carbonyl (C=O) groups excluding carboxylic acids is 2. The minimum absolute atomic E-state index is 0.0482. The average Bonchev–Trinajstić information content (AvgIpc) is 2.81. The Morgan fingerprint density at radius 2 is 1.94 bits per heavy atom. The molecule has 1 fully saturated rings. The number of nitrogens with zero attached hydrogens (tertiary/aromatic N) is 4. The number of thioether (sulfide) groups is 1. The van der Waals surface area contributed by atoms with E-state index in [1.54, 1.807) is 17.2 Å². The number of rotatable bonds is 7. The fourth-order valence-corrected chi connectivity index (χ4v) is 5.09. The van der Waals surface area contributed by atoms with Crippen LogP contribution in [0.15, 0.2) is 41.6 Å². The molecule has 1 aromatic carbocycles. The lowest BCUT2D eigenvalue weighted by Crippen LogP contribution is -2.47. The molecule has 1 aromatic heterocycles. The van der Waals surface area contributed by atoms with E-state index in [9.17, 15) is 9.59 Å². The van der Waals surface area contributed by atoms with Crippen LogP contribution in [0.4, 0.5) is 11.4 Å². The van der Waals surface area contributed by atoms with Crippen molar-refractivity contribution in [3.05, 3.63) is 47.7 Å². The largest absolute Gasteiger partial charge is 0.369 e. The molecule has 0 radical (unpaired) electrons. The minimum atomic E-state index is -0.125. The van der Waals surface area contributed by atoms with E-state index < -0.39 is 0 Å². The first-order valence-electron chi connectivity index (χ1n) is 11.2. The van der Waals surface area contributed by atoms with Crippen LogP contribution in [-0.2, 0) is 9.59 Å². The van der Waals surface area contributed by atoms with Gasteiger partial charge in [-0.15, -0.1) is 0 Å². The normalized spacial score (nSPS) is 16.8. The highest BCUT2D eigenvalue weighted by Gasteiger charge is 2.27. The van der Waals surface area contributed by atoms with Gasteiger partial charge in [-0.1, -0.05) is 23.9 Å². The van der Waals surface area contributed by atoms with E-state index in [1.807, 2.05) is 6.07 Å². The van der Waals surface area contributed by atoms with Crippen molar-refractivity contribution >= 4 is 35.0 Å². The van der Waals surface area contributed by atoms with Gasteiger partial charge >= 0.3 is 0 Å². The van der Waals surface area contributed by atoms with E-state index in [0.717, 1.165) is 49.9 Å². The quantitative estimate of drug-likeness (QED) is 0.650. The summed E-state index contributed by atoms with van der Waals surface area (Å²) in [4.78, 5) is 35.5. The van der Waals surface area contributed by atoms with Crippen molar-refractivity contribution in [1.82, 2.24) is 15.2 Å². The maximum Gasteiger partial charge on any atom is 0.240 e. The molecule has 7 nitrogen and oxygen atoms in total. The number of amides is 2. The van der Waals surface area contributed by atoms with Crippen LogP contribution < -0.4 is 15.1 Å². The Kier molecular flexibility index (Phi) is 7.32. The van der Waals surface area contributed by atoms with Crippen molar-refractivity contribution in [3.8, 4) is 0 Å². The molecule has 0 atom stereocenters. The second-order valence-corrected chi connectivity index (χ2v) is 9.38. The van der Waals surface area contributed by atoms with Crippen LogP contribution in [0.2, 0.25) is 0 Å². The van der Waals surface area contributed by atoms with Gasteiger partial charge in [0, 0.05) is 44.6 Å². The van der Waals surface area contributed by atoms with E-state index in [4.69, 9.17) is 0 Å². The Labute approximate surface area is 194 Å². The highest BCUT2D eigenvalue weighted by molar-refractivity contribution is 8.00. The Hall–Kier alpha value is -2.58. The molecule has 1 N–H and O–H groups in total. The Morgan fingerprint density at radius 1 is 1.12 bits per heavy atom. The summed E-state index contributed by atoms with van der Waals surface area (Å²) in [7, 11) is 0. The summed E-state index contributed by atoms with van der Waals surface area (Å²) in [6.45, 7) is 10.1. The van der Waals surface area contributed by atoms with E-state index in [2.05, 4.69) is 52.1 Å². The van der Waals surface area contributed by atoms with Crippen LogP contribution in [0.5, 0.6) is 0 Å². The standard InChI is InChI=1S/C24H31N5O2S/c1-18-6-7-19(2)21(15-18)28-13-11-27(12-14-28)10-4-9-25-22(30)16-29-20-5-3-8-26-24(20)32-17-23(29)31/h3,5-8,15H,4,9-14,16-17H2,1-2H3,(H,25,30). The Balaban J connectivity index is 1.18. The predicted octanol–water partition coefficient (Wildman–Crippen LogP) is 2.47. The average molecular weight is 454 g/mol. The predicted molar refractivity (Wildman–Crippen MR) is 130 cm³/mol. The van der Waals surface area contributed by atoms with E-state index >= 15 is 0 Å². The van der Waals surface area contributed by atoms with Gasteiger partial charge in [0.15, 0.2) is 0 Å². The molecule has 2 aliphatic rings. The molecular weight excluding hydrogens is 422 g/mol. The minimum Gasteiger partial charge on any atom is -0.369 e. The molecule has 32 heavy (non-hydrogen) atoms. The molecule has 0 saturated carbocycles. The van der Waals surface area contributed by atoms with Crippen LogP contribution in [-0.4, -0.2) is 73.3 Å². The Bertz CT molecular complexity index is 975. The van der Waals surface area contributed by atoms with Gasteiger partial charge in [0.25, 0.3) is 0 Å². The number of aryl methyl sites for hydroxylation is 2. The lowest BCUT2D eigenvalue weighted by atomic mass is 10.1. The summed E-state index contributed by atoms with van der Waals surface area (Å²) in [6.07, 6.45) is 2.61. The number of aromatic nitrogens is 1. The van der Waals surface area contributed by atoms with Gasteiger partial charge in [0.2, 0.25) is 11.8 Å². The number of hydrogen-bond donors (Lipinski definition) is 1. The van der Waals surface area contributed by atoms with Crippen LogP contribution in [0.25, 0.3) is 0 Å². The first-order valence-corrected chi connectivity index (χ1v) is 12.2. The number of piperazine rings is 1. The van der Waals surface area contributed by atoms with Crippen molar-refractivity contribution in [3.63, 3.8) is 0 Å². The first kappa shape index (κ1) is 22.6. The van der Waals surface area contributed by atoms with Crippen molar-refractivity contribution < 1.29 is 9.59 Å². The maximum absolute atomic E-state index is 12.4. The third-order valence-corrected chi connectivity index (χ3v) is 7.01. The summed E-state index contributed by atoms with van der Waals surface area (Å²) < 4.78 is 0. The molecule has 170 valence electrons. The van der Waals surface area contributed by atoms with Gasteiger partial charge < -0.3 is 10.2 Å². The second kappa shape index (κ2) is 10.4. The number of carbonyl (C=O) groups is 2. The highest BCUT2D eigenvalue weighted by atomic mass is 32.2. The van der Waals surface area contributed by atoms with Gasteiger partial charge in [0.1, 0.15) is 11.6 Å². The smallest absolute Gasteiger partial charge is 0.240 e. The Morgan fingerprint density at radius 3 is 2.75 bits per heavy atom. The number of nitrogens with one attached hydrogen (secondary N) is 1. The zero-order valence-corrected chi connectivity index (χ0v) is 19.7. The summed E-state index contributed by atoms with van der Waals surface area (Å²) in [5.41, 5.74) is 4.70. The van der Waals surface area contributed by atoms with Gasteiger partial charge in [0.05, 0.1) is 11.4 Å². The molecule has 0 bridgehead atoms. The molecular formula is C24H31N5O2S. The maximum atomic E-state index is 12.4. The number of benzene rings is 1. The van der Waals surface area contributed by atoms with Crippen LogP contribution in [0, 0.1) is 13.8 Å². The van der Waals surface area contributed by atoms with Gasteiger partial charge in [-0.25, -0.2) is 4.98 Å². The summed E-state index contributed by atoms with van der Waals surface area (Å²) in [5.74, 6) is 0.151. The fourth-order valence-electron chi connectivity index (χ4n) is 4.22. The molecule has 2 amide bonds. The second-order valence-electron chi connectivity index (χ2n) is 8.42. The third-order valence-electron chi connectivity index (χ3n) is 6.03. The molecule has 2 aliphatic heterocycles. The van der Waals surface area contributed by atoms with Gasteiger partial charge in [-0.2, -0.15) is 0 Å². The molecule has 0 spiro atoms. The van der Waals surface area contributed by atoms with Crippen LogP contribution in [0.3, 0.4) is 0 Å². The molecule has 3 heterocycles. The third kappa shape index (κ3) is 5.42. The topological polar surface area (TPSA) is 68.8 Å². The molecule has 2 aromatic rings. The molecule has 1 saturated heterocycles. The van der Waals surface area contributed by atoms with E-state index in [-0.39, 0.29) is 18.4 Å². The summed E-state index contributed by atoms with van der Waals surface area (Å²) >= 11 is 1.42. The summed E-state index contributed by atoms with van der Waals surface area (Å²) in [6, 6.07) is 10.3. The van der Waals surface area contributed by atoms with Crippen molar-refractivity contribution in [1.29, 1.82) is 0 Å². The molecule has 0 aliphatic carbocycles. The van der Waals surface area contributed by atoms with Crippen LogP contribution >= 0.6 is 11.8 Å².